The summed E-state index contributed by atoms with van der Waals surface area (Å²) in [6, 6.07) is 6.56. The summed E-state index contributed by atoms with van der Waals surface area (Å²) in [5.41, 5.74) is 2.59. The Hall–Kier alpha value is -3.13. The number of carboxylic acid groups (broad SMARTS) is 1. The first-order valence-corrected chi connectivity index (χ1v) is 13.7. The molecule has 0 aliphatic carbocycles. The molecule has 8 heteroatoms. The van der Waals surface area contributed by atoms with Crippen LogP contribution >= 0.6 is 0 Å². The molecule has 3 atom stereocenters. The van der Waals surface area contributed by atoms with Gasteiger partial charge in [-0.2, -0.15) is 0 Å². The van der Waals surface area contributed by atoms with Gasteiger partial charge in [0.25, 0.3) is 0 Å². The summed E-state index contributed by atoms with van der Waals surface area (Å²) in [7, 11) is 5.71. The van der Waals surface area contributed by atoms with Gasteiger partial charge in [0, 0.05) is 48.2 Å². The maximum Gasteiger partial charge on any atom is 0.331 e. The van der Waals surface area contributed by atoms with E-state index in [4.69, 9.17) is 0 Å². The molecule has 8 nitrogen and oxygen atoms in total. The maximum atomic E-state index is 14.1. The molecule has 1 aromatic carbocycles. The van der Waals surface area contributed by atoms with Crippen molar-refractivity contribution in [1.29, 1.82) is 0 Å². The number of benzene rings is 1. The Morgan fingerprint density at radius 3 is 2.28 bits per heavy atom. The number of rotatable bonds is 7. The molecule has 0 saturated heterocycles. The molecule has 0 bridgehead atoms. The molecule has 2 aromatic rings. The second-order valence-corrected chi connectivity index (χ2v) is 13.1. The number of amides is 2. The molecular weight excluding hydrogens is 492 g/mol. The van der Waals surface area contributed by atoms with Crippen molar-refractivity contribution in [3.8, 4) is 0 Å². The molecule has 1 unspecified atom stereocenters. The highest BCUT2D eigenvalue weighted by atomic mass is 16.4. The number of aryl methyl sites for hydroxylation is 1. The van der Waals surface area contributed by atoms with Crippen molar-refractivity contribution in [3.63, 3.8) is 0 Å². The molecule has 3 rings (SSSR count). The van der Waals surface area contributed by atoms with Gasteiger partial charge < -0.3 is 19.9 Å². The highest BCUT2D eigenvalue weighted by Gasteiger charge is 2.48. The number of carbonyl (C=O) groups excluding carboxylic acids is 2. The van der Waals surface area contributed by atoms with E-state index in [0.717, 1.165) is 10.9 Å². The Balaban J connectivity index is 1.98. The van der Waals surface area contributed by atoms with Gasteiger partial charge in [0.1, 0.15) is 6.04 Å². The molecule has 214 valence electrons. The third kappa shape index (κ3) is 5.62. The average molecular weight is 539 g/mol. The number of aromatic nitrogens is 1. The Morgan fingerprint density at radius 2 is 1.74 bits per heavy atom. The van der Waals surface area contributed by atoms with Gasteiger partial charge in [-0.1, -0.05) is 72.7 Å². The summed E-state index contributed by atoms with van der Waals surface area (Å²) in [5.74, 6) is -1.47. The Labute approximate surface area is 233 Å². The van der Waals surface area contributed by atoms with Crippen molar-refractivity contribution < 1.29 is 19.5 Å². The van der Waals surface area contributed by atoms with Gasteiger partial charge in [0.2, 0.25) is 11.8 Å². The van der Waals surface area contributed by atoms with Crippen LogP contribution in [0.15, 0.2) is 35.9 Å². The number of likely N-dealkylation sites (N-methyl/N-ethyl adjacent to an activating group) is 2. The lowest BCUT2D eigenvalue weighted by atomic mass is 9.72. The Kier molecular flexibility index (Phi) is 8.42. The minimum Gasteiger partial charge on any atom is -0.478 e. The van der Waals surface area contributed by atoms with E-state index in [9.17, 15) is 19.5 Å². The number of nitrogens with zero attached hydrogens (tertiary/aromatic N) is 3. The normalized spacial score (nSPS) is 19.5. The van der Waals surface area contributed by atoms with Crippen molar-refractivity contribution in [2.45, 2.75) is 85.5 Å². The van der Waals surface area contributed by atoms with E-state index >= 15 is 0 Å². The summed E-state index contributed by atoms with van der Waals surface area (Å²) >= 11 is 0. The molecular formula is C31H46N4O4. The number of nitrogens with one attached hydrogen (secondary N) is 1. The van der Waals surface area contributed by atoms with E-state index in [1.165, 1.54) is 18.2 Å². The highest BCUT2D eigenvalue weighted by Crippen LogP contribution is 2.43. The molecule has 0 fully saturated rings. The van der Waals surface area contributed by atoms with Crippen LogP contribution in [0.2, 0.25) is 0 Å². The molecule has 0 spiro atoms. The second-order valence-electron chi connectivity index (χ2n) is 13.1. The van der Waals surface area contributed by atoms with Crippen LogP contribution in [0.4, 0.5) is 0 Å². The van der Waals surface area contributed by atoms with Crippen LogP contribution in [0, 0.1) is 11.3 Å². The SMILES string of the molecule is CC(=C[C@@H](C(C)C)N(C)C(=O)C(NC(=O)[C@@H]1N(C)Cc2c(c3ccccc3n2C)C1(C)C)C(C)(C)C)C(=O)O. The van der Waals surface area contributed by atoms with Crippen LogP contribution in [-0.2, 0) is 33.4 Å². The lowest BCUT2D eigenvalue weighted by molar-refractivity contribution is -0.142. The van der Waals surface area contributed by atoms with Gasteiger partial charge in [-0.25, -0.2) is 4.79 Å². The van der Waals surface area contributed by atoms with Crippen LogP contribution in [-0.4, -0.2) is 69.5 Å². The zero-order valence-electron chi connectivity index (χ0n) is 25.4. The zero-order valence-corrected chi connectivity index (χ0v) is 25.4. The third-order valence-electron chi connectivity index (χ3n) is 8.28. The van der Waals surface area contributed by atoms with E-state index in [1.807, 2.05) is 53.8 Å². The Morgan fingerprint density at radius 1 is 1.15 bits per heavy atom. The molecule has 1 aromatic heterocycles. The van der Waals surface area contributed by atoms with E-state index in [0.29, 0.717) is 6.54 Å². The van der Waals surface area contributed by atoms with Crippen LogP contribution in [0.25, 0.3) is 10.9 Å². The van der Waals surface area contributed by atoms with Gasteiger partial charge in [-0.05, 0) is 36.9 Å². The first-order valence-electron chi connectivity index (χ1n) is 13.7. The quantitative estimate of drug-likeness (QED) is 0.512. The van der Waals surface area contributed by atoms with Gasteiger partial charge in [0.15, 0.2) is 0 Å². The molecule has 0 radical (unpaired) electrons. The average Bonchev–Trinajstić information content (AvgIpc) is 3.11. The molecule has 39 heavy (non-hydrogen) atoms. The topological polar surface area (TPSA) is 94.9 Å². The van der Waals surface area contributed by atoms with Crippen LogP contribution in [0.1, 0.15) is 66.6 Å². The van der Waals surface area contributed by atoms with Crippen LogP contribution in [0.3, 0.4) is 0 Å². The lowest BCUT2D eigenvalue weighted by Gasteiger charge is -2.45. The zero-order chi connectivity index (χ0) is 29.6. The largest absolute Gasteiger partial charge is 0.478 e. The van der Waals surface area contributed by atoms with Gasteiger partial charge in [-0.3, -0.25) is 14.5 Å². The van der Waals surface area contributed by atoms with Crippen molar-refractivity contribution in [3.05, 3.63) is 47.2 Å². The fraction of sp³-hybridized carbons (Fsp3) is 0.581. The van der Waals surface area contributed by atoms with Crippen LogP contribution < -0.4 is 5.32 Å². The van der Waals surface area contributed by atoms with Gasteiger partial charge in [-0.15, -0.1) is 0 Å². The number of carboxylic acids is 1. The predicted octanol–water partition coefficient (Wildman–Crippen LogP) is 4.31. The van der Waals surface area contributed by atoms with Crippen molar-refractivity contribution in [2.75, 3.05) is 14.1 Å². The number of fused-ring (bicyclic) bond motifs is 3. The number of aliphatic carboxylic acids is 1. The third-order valence-corrected chi connectivity index (χ3v) is 8.28. The first kappa shape index (κ1) is 30.4. The van der Waals surface area contributed by atoms with Crippen molar-refractivity contribution in [2.24, 2.45) is 18.4 Å². The Bertz CT molecular complexity index is 1300. The van der Waals surface area contributed by atoms with Gasteiger partial charge >= 0.3 is 5.97 Å². The standard InChI is InChI=1S/C31H46N4O4/c1-18(2)22(16-19(3)29(38)39)35(11)28(37)25(30(4,5)6)32-27(36)26-31(7,8)24-20-14-12-13-15-21(20)34(10)23(24)17-33(26)9/h12-16,18,22,25-26H,17H2,1-11H3,(H,32,36)(H,38,39)/t22-,25?,26-/m0/s1. The minimum atomic E-state index is -1.02. The fourth-order valence-electron chi connectivity index (χ4n) is 6.19. The number of hydrogen-bond donors (Lipinski definition) is 2. The highest BCUT2D eigenvalue weighted by molar-refractivity contribution is 5.94. The van der Waals surface area contributed by atoms with Crippen molar-refractivity contribution in [1.82, 2.24) is 19.7 Å². The monoisotopic (exact) mass is 538 g/mol. The molecule has 2 heterocycles. The van der Waals surface area contributed by atoms with Gasteiger partial charge in [0.05, 0.1) is 12.1 Å². The maximum absolute atomic E-state index is 14.1. The number of para-hydroxylation sites is 1. The minimum absolute atomic E-state index is 0.0160. The van der Waals surface area contributed by atoms with E-state index < -0.39 is 34.9 Å². The predicted molar refractivity (Wildman–Crippen MR) is 155 cm³/mol. The van der Waals surface area contributed by atoms with Crippen molar-refractivity contribution >= 4 is 28.7 Å². The molecule has 2 amide bonds. The summed E-state index contributed by atoms with van der Waals surface area (Å²) < 4.78 is 2.21. The first-order chi connectivity index (χ1) is 17.9. The van der Waals surface area contributed by atoms with E-state index in [1.54, 1.807) is 18.0 Å². The summed E-state index contributed by atoms with van der Waals surface area (Å²) in [5, 5.41) is 13.7. The van der Waals surface area contributed by atoms with E-state index in [-0.39, 0.29) is 23.3 Å². The lowest BCUT2D eigenvalue weighted by Crippen LogP contribution is -2.63. The molecule has 1 aliphatic heterocycles. The molecule has 1 aliphatic rings. The number of carbonyl (C=O) groups is 3. The fourth-order valence-corrected chi connectivity index (χ4v) is 6.19. The smallest absolute Gasteiger partial charge is 0.331 e. The van der Waals surface area contributed by atoms with E-state index in [2.05, 4.69) is 47.8 Å². The molecule has 0 saturated carbocycles. The summed E-state index contributed by atoms with van der Waals surface area (Å²) in [6.45, 7) is 16.1. The second kappa shape index (κ2) is 10.8. The van der Waals surface area contributed by atoms with Crippen LogP contribution in [0.5, 0.6) is 0 Å². The summed E-state index contributed by atoms with van der Waals surface area (Å²) in [4.78, 5) is 43.2. The molecule has 2 N–H and O–H groups in total. The number of hydrogen-bond acceptors (Lipinski definition) is 4. The summed E-state index contributed by atoms with van der Waals surface area (Å²) in [6.07, 6.45) is 1.62.